The normalized spacial score (nSPS) is 15.5. The highest BCUT2D eigenvalue weighted by Gasteiger charge is 2.25. The molecule has 1 atom stereocenters. The van der Waals surface area contributed by atoms with Crippen LogP contribution in [0.25, 0.3) is 0 Å². The first-order chi connectivity index (χ1) is 14.6. The van der Waals surface area contributed by atoms with Gasteiger partial charge in [-0.15, -0.1) is 0 Å². The molecule has 30 heavy (non-hydrogen) atoms. The Morgan fingerprint density at radius 2 is 2.00 bits per heavy atom. The molecule has 0 saturated heterocycles. The summed E-state index contributed by atoms with van der Waals surface area (Å²) in [5, 5.41) is 7.80. The molecule has 5 heteroatoms. The van der Waals surface area contributed by atoms with Crippen LogP contribution >= 0.6 is 0 Å². The van der Waals surface area contributed by atoms with Crippen molar-refractivity contribution in [3.8, 4) is 5.75 Å². The van der Waals surface area contributed by atoms with Crippen molar-refractivity contribution in [2.24, 2.45) is 0 Å². The summed E-state index contributed by atoms with van der Waals surface area (Å²) >= 11 is 0. The molecule has 1 amide bonds. The van der Waals surface area contributed by atoms with E-state index in [9.17, 15) is 4.79 Å². The summed E-state index contributed by atoms with van der Waals surface area (Å²) in [6, 6.07) is 16.4. The fourth-order valence-electron chi connectivity index (χ4n) is 3.99. The van der Waals surface area contributed by atoms with Gasteiger partial charge >= 0.3 is 0 Å². The third-order valence-electron chi connectivity index (χ3n) is 5.85. The highest BCUT2D eigenvalue weighted by molar-refractivity contribution is 5.76. The van der Waals surface area contributed by atoms with Gasteiger partial charge in [-0.1, -0.05) is 36.4 Å². The number of carbonyl (C=O) groups excluding carboxylic acids is 1. The van der Waals surface area contributed by atoms with E-state index in [1.165, 1.54) is 22.4 Å². The summed E-state index contributed by atoms with van der Waals surface area (Å²) in [4.78, 5) is 12.5. The molecule has 0 spiro atoms. The van der Waals surface area contributed by atoms with Crippen LogP contribution in [-0.2, 0) is 17.8 Å². The molecule has 4 rings (SSSR count). The molecule has 1 aliphatic rings. The molecule has 1 N–H and O–H groups in total. The minimum Gasteiger partial charge on any atom is -0.493 e. The van der Waals surface area contributed by atoms with Crippen molar-refractivity contribution in [2.45, 2.75) is 52.1 Å². The van der Waals surface area contributed by atoms with Gasteiger partial charge in [0, 0.05) is 11.3 Å². The maximum atomic E-state index is 12.5. The minimum absolute atomic E-state index is 0.0208. The van der Waals surface area contributed by atoms with Crippen molar-refractivity contribution in [1.29, 1.82) is 0 Å². The first-order valence-corrected chi connectivity index (χ1v) is 10.7. The number of carbonyl (C=O) groups is 1. The van der Waals surface area contributed by atoms with Gasteiger partial charge in [0.1, 0.15) is 5.75 Å². The molecule has 0 saturated carbocycles. The van der Waals surface area contributed by atoms with Crippen molar-refractivity contribution >= 4 is 5.91 Å². The van der Waals surface area contributed by atoms with Gasteiger partial charge < -0.3 is 10.1 Å². The molecule has 1 aromatic heterocycles. The average Bonchev–Trinajstić information content (AvgIpc) is 3.15. The van der Waals surface area contributed by atoms with E-state index in [0.717, 1.165) is 37.1 Å². The molecule has 0 bridgehead atoms. The lowest BCUT2D eigenvalue weighted by atomic mass is 9.92. The van der Waals surface area contributed by atoms with Crippen molar-refractivity contribution < 1.29 is 9.53 Å². The van der Waals surface area contributed by atoms with Gasteiger partial charge in [-0.2, -0.15) is 5.10 Å². The van der Waals surface area contributed by atoms with Crippen molar-refractivity contribution in [3.63, 3.8) is 0 Å². The zero-order valence-corrected chi connectivity index (χ0v) is 17.7. The van der Waals surface area contributed by atoms with E-state index in [4.69, 9.17) is 4.74 Å². The average molecular weight is 404 g/mol. The van der Waals surface area contributed by atoms with E-state index in [-0.39, 0.29) is 11.9 Å². The van der Waals surface area contributed by atoms with E-state index in [1.807, 2.05) is 42.6 Å². The number of nitrogens with zero attached hydrogens (tertiary/aromatic N) is 2. The second-order valence-electron chi connectivity index (χ2n) is 8.05. The zero-order valence-electron chi connectivity index (χ0n) is 17.7. The number of hydrogen-bond acceptors (Lipinski definition) is 3. The van der Waals surface area contributed by atoms with Crippen LogP contribution in [0.5, 0.6) is 5.75 Å². The third kappa shape index (κ3) is 4.73. The van der Waals surface area contributed by atoms with Crippen molar-refractivity contribution in [1.82, 2.24) is 15.1 Å². The van der Waals surface area contributed by atoms with Gasteiger partial charge in [-0.3, -0.25) is 9.48 Å². The predicted octanol–water partition coefficient (Wildman–Crippen LogP) is 4.51. The summed E-state index contributed by atoms with van der Waals surface area (Å²) in [7, 11) is 0. The Balaban J connectivity index is 1.33. The highest BCUT2D eigenvalue weighted by Crippen LogP contribution is 2.30. The van der Waals surface area contributed by atoms with E-state index in [2.05, 4.69) is 41.1 Å². The SMILES string of the molecule is Cc1ccc(OCCC(=O)NC2CCCc3c2cnn3Cc2ccccc2)cc1C. The number of ether oxygens (including phenoxy) is 1. The molecule has 1 heterocycles. The number of hydrogen-bond donors (Lipinski definition) is 1. The molecule has 3 aromatic rings. The zero-order chi connectivity index (χ0) is 20.9. The highest BCUT2D eigenvalue weighted by atomic mass is 16.5. The summed E-state index contributed by atoms with van der Waals surface area (Å²) in [5.74, 6) is 0.834. The van der Waals surface area contributed by atoms with Gasteiger partial charge in [-0.25, -0.2) is 0 Å². The smallest absolute Gasteiger partial charge is 0.223 e. The van der Waals surface area contributed by atoms with Crippen molar-refractivity contribution in [2.75, 3.05) is 6.61 Å². The summed E-state index contributed by atoms with van der Waals surface area (Å²) in [5.41, 5.74) is 6.06. The van der Waals surface area contributed by atoms with Crippen LogP contribution in [0.1, 0.15) is 53.3 Å². The van der Waals surface area contributed by atoms with Crippen LogP contribution in [0.3, 0.4) is 0 Å². The third-order valence-corrected chi connectivity index (χ3v) is 5.85. The largest absolute Gasteiger partial charge is 0.493 e. The maximum Gasteiger partial charge on any atom is 0.223 e. The van der Waals surface area contributed by atoms with Gasteiger partial charge in [0.05, 0.1) is 31.8 Å². The predicted molar refractivity (Wildman–Crippen MR) is 118 cm³/mol. The number of fused-ring (bicyclic) bond motifs is 1. The number of aromatic nitrogens is 2. The quantitative estimate of drug-likeness (QED) is 0.631. The van der Waals surface area contributed by atoms with E-state index >= 15 is 0 Å². The van der Waals surface area contributed by atoms with E-state index < -0.39 is 0 Å². The van der Waals surface area contributed by atoms with Gasteiger partial charge in [0.25, 0.3) is 0 Å². The van der Waals surface area contributed by atoms with Crippen LogP contribution in [0.15, 0.2) is 54.7 Å². The van der Waals surface area contributed by atoms with Crippen LogP contribution in [0.2, 0.25) is 0 Å². The fraction of sp³-hybridized carbons (Fsp3) is 0.360. The van der Waals surface area contributed by atoms with Crippen molar-refractivity contribution in [3.05, 3.63) is 82.7 Å². The molecule has 1 unspecified atom stereocenters. The number of benzene rings is 2. The molecule has 0 aliphatic heterocycles. The summed E-state index contributed by atoms with van der Waals surface area (Å²) < 4.78 is 7.84. The van der Waals surface area contributed by atoms with Crippen LogP contribution < -0.4 is 10.1 Å². The molecule has 0 radical (unpaired) electrons. The molecule has 5 nitrogen and oxygen atoms in total. The number of nitrogens with one attached hydrogen (secondary N) is 1. The number of amides is 1. The lowest BCUT2D eigenvalue weighted by Gasteiger charge is -2.24. The minimum atomic E-state index is 0.0208. The monoisotopic (exact) mass is 403 g/mol. The second kappa shape index (κ2) is 9.16. The number of rotatable bonds is 7. The van der Waals surface area contributed by atoms with Gasteiger partial charge in [-0.05, 0) is 61.9 Å². The maximum absolute atomic E-state index is 12.5. The molecule has 1 aliphatic carbocycles. The molecular weight excluding hydrogens is 374 g/mol. The number of aryl methyl sites for hydroxylation is 2. The first kappa shape index (κ1) is 20.2. The Bertz CT molecular complexity index is 1010. The Morgan fingerprint density at radius 1 is 1.17 bits per heavy atom. The van der Waals surface area contributed by atoms with Crippen LogP contribution in [0.4, 0.5) is 0 Å². The fourth-order valence-corrected chi connectivity index (χ4v) is 3.99. The first-order valence-electron chi connectivity index (χ1n) is 10.7. The summed E-state index contributed by atoms with van der Waals surface area (Å²) in [6.07, 6.45) is 5.28. The molecule has 0 fully saturated rings. The van der Waals surface area contributed by atoms with Crippen LogP contribution in [0, 0.1) is 13.8 Å². The lowest BCUT2D eigenvalue weighted by Crippen LogP contribution is -2.31. The Kier molecular flexibility index (Phi) is 6.17. The molecular formula is C25H29N3O2. The standard InChI is InChI=1S/C25H29N3O2/c1-18-11-12-21(15-19(18)2)30-14-13-25(29)27-23-9-6-10-24-22(23)16-26-28(24)17-20-7-4-3-5-8-20/h3-5,7-8,11-12,15-16,23H,6,9-10,13-14,17H2,1-2H3,(H,27,29). The molecule has 156 valence electrons. The van der Waals surface area contributed by atoms with Gasteiger partial charge in [0.2, 0.25) is 5.91 Å². The Labute approximate surface area is 178 Å². The Morgan fingerprint density at radius 3 is 2.80 bits per heavy atom. The molecule has 2 aromatic carbocycles. The Hall–Kier alpha value is -3.08. The van der Waals surface area contributed by atoms with E-state index in [1.54, 1.807) is 0 Å². The topological polar surface area (TPSA) is 56.1 Å². The van der Waals surface area contributed by atoms with Crippen LogP contribution in [-0.4, -0.2) is 22.3 Å². The van der Waals surface area contributed by atoms with Gasteiger partial charge in [0.15, 0.2) is 0 Å². The van der Waals surface area contributed by atoms with E-state index in [0.29, 0.717) is 13.0 Å². The lowest BCUT2D eigenvalue weighted by molar-refractivity contribution is -0.122. The summed E-state index contributed by atoms with van der Waals surface area (Å²) in [6.45, 7) is 5.28. The second-order valence-corrected chi connectivity index (χ2v) is 8.05.